The topological polar surface area (TPSA) is 58.6 Å². The molecule has 2 rings (SSSR count). The summed E-state index contributed by atoms with van der Waals surface area (Å²) in [6, 6.07) is 5.25. The number of esters is 1. The molecule has 1 fully saturated rings. The van der Waals surface area contributed by atoms with Gasteiger partial charge in [-0.3, -0.25) is 4.79 Å². The van der Waals surface area contributed by atoms with Crippen LogP contribution in [0.15, 0.2) is 18.2 Å². The molecule has 0 bridgehead atoms. The van der Waals surface area contributed by atoms with E-state index in [0.717, 1.165) is 31.6 Å². The second-order valence-electron chi connectivity index (χ2n) is 4.53. The first kappa shape index (κ1) is 13.4. The Hall–Kier alpha value is -2.04. The molecule has 1 aliphatic rings. The molecule has 0 aliphatic carbocycles. The van der Waals surface area contributed by atoms with E-state index in [-0.39, 0.29) is 0 Å². The summed E-state index contributed by atoms with van der Waals surface area (Å²) < 4.78 is 4.69. The van der Waals surface area contributed by atoms with Crippen molar-refractivity contribution in [2.45, 2.75) is 19.3 Å². The zero-order valence-electron chi connectivity index (χ0n) is 11.0. The van der Waals surface area contributed by atoms with E-state index >= 15 is 0 Å². The number of amides is 1. The zero-order valence-corrected chi connectivity index (χ0v) is 11.0. The quantitative estimate of drug-likeness (QED) is 0.666. The van der Waals surface area contributed by atoms with Crippen molar-refractivity contribution in [2.75, 3.05) is 30.4 Å². The summed E-state index contributed by atoms with van der Waals surface area (Å²) in [7, 11) is 1.34. The Morgan fingerprint density at radius 2 is 2.05 bits per heavy atom. The molecule has 0 radical (unpaired) electrons. The number of nitrogens with one attached hydrogen (secondary N) is 1. The van der Waals surface area contributed by atoms with Gasteiger partial charge in [0.15, 0.2) is 0 Å². The Bertz CT molecular complexity index is 468. The lowest BCUT2D eigenvalue weighted by atomic mass is 10.1. The van der Waals surface area contributed by atoms with Gasteiger partial charge in [0.05, 0.1) is 24.0 Å². The van der Waals surface area contributed by atoms with E-state index in [1.165, 1.54) is 13.5 Å². The van der Waals surface area contributed by atoms with E-state index in [9.17, 15) is 9.59 Å². The standard InChI is InChI=1S/C14H18N2O3/c1-19-14(18)11-5-6-13(12(9-11)15-10-17)16-7-3-2-4-8-16/h5-6,9-10H,2-4,7-8H2,1H3,(H,15,17). The van der Waals surface area contributed by atoms with Crippen LogP contribution in [0.5, 0.6) is 0 Å². The number of anilines is 2. The van der Waals surface area contributed by atoms with Crippen LogP contribution in [0, 0.1) is 0 Å². The first-order chi connectivity index (χ1) is 9.26. The van der Waals surface area contributed by atoms with Gasteiger partial charge in [-0.1, -0.05) is 0 Å². The molecule has 1 amide bonds. The Kier molecular flexibility index (Phi) is 4.39. The average Bonchev–Trinajstić information content (AvgIpc) is 2.47. The second kappa shape index (κ2) is 6.22. The average molecular weight is 262 g/mol. The summed E-state index contributed by atoms with van der Waals surface area (Å²) in [6.45, 7) is 1.95. The maximum absolute atomic E-state index is 11.5. The van der Waals surface area contributed by atoms with E-state index in [1.54, 1.807) is 12.1 Å². The summed E-state index contributed by atoms with van der Waals surface area (Å²) in [6.07, 6.45) is 4.18. The maximum atomic E-state index is 11.5. The number of hydrogen-bond donors (Lipinski definition) is 1. The number of carbonyl (C=O) groups is 2. The van der Waals surface area contributed by atoms with Crippen molar-refractivity contribution in [2.24, 2.45) is 0 Å². The molecule has 5 heteroatoms. The second-order valence-corrected chi connectivity index (χ2v) is 4.53. The van der Waals surface area contributed by atoms with E-state index in [0.29, 0.717) is 17.7 Å². The van der Waals surface area contributed by atoms with Gasteiger partial charge in [0.2, 0.25) is 6.41 Å². The molecular weight excluding hydrogens is 244 g/mol. The Morgan fingerprint density at radius 3 is 2.68 bits per heavy atom. The van der Waals surface area contributed by atoms with Crippen LogP contribution in [0.4, 0.5) is 11.4 Å². The summed E-state index contributed by atoms with van der Waals surface area (Å²) in [5, 5.41) is 2.66. The molecule has 0 unspecified atom stereocenters. The highest BCUT2D eigenvalue weighted by Crippen LogP contribution is 2.29. The largest absolute Gasteiger partial charge is 0.465 e. The Labute approximate surface area is 112 Å². The van der Waals surface area contributed by atoms with Crippen LogP contribution in [-0.2, 0) is 9.53 Å². The molecule has 1 aliphatic heterocycles. The van der Waals surface area contributed by atoms with Gasteiger partial charge in [-0.2, -0.15) is 0 Å². The smallest absolute Gasteiger partial charge is 0.337 e. The molecular formula is C14H18N2O3. The number of ether oxygens (including phenoxy) is 1. The molecule has 19 heavy (non-hydrogen) atoms. The van der Waals surface area contributed by atoms with E-state index < -0.39 is 5.97 Å². The Balaban J connectivity index is 2.31. The van der Waals surface area contributed by atoms with Gasteiger partial charge in [-0.05, 0) is 37.5 Å². The monoisotopic (exact) mass is 262 g/mol. The van der Waals surface area contributed by atoms with Crippen molar-refractivity contribution in [1.29, 1.82) is 0 Å². The number of benzene rings is 1. The molecule has 1 aromatic carbocycles. The van der Waals surface area contributed by atoms with Crippen LogP contribution in [0.1, 0.15) is 29.6 Å². The highest BCUT2D eigenvalue weighted by Gasteiger charge is 2.16. The van der Waals surface area contributed by atoms with E-state index in [4.69, 9.17) is 0 Å². The maximum Gasteiger partial charge on any atom is 0.337 e. The number of carbonyl (C=O) groups excluding carboxylic acids is 2. The van der Waals surface area contributed by atoms with Crippen LogP contribution in [0.3, 0.4) is 0 Å². The van der Waals surface area contributed by atoms with E-state index in [2.05, 4.69) is 15.0 Å². The molecule has 0 atom stereocenters. The lowest BCUT2D eigenvalue weighted by molar-refractivity contribution is -0.105. The van der Waals surface area contributed by atoms with Crippen molar-refractivity contribution in [1.82, 2.24) is 0 Å². The highest BCUT2D eigenvalue weighted by molar-refractivity contribution is 5.93. The zero-order chi connectivity index (χ0) is 13.7. The minimum absolute atomic E-state index is 0.404. The third-order valence-electron chi connectivity index (χ3n) is 3.33. The van der Waals surface area contributed by atoms with Gasteiger partial charge < -0.3 is 15.0 Å². The predicted octanol–water partition coefficient (Wildman–Crippen LogP) is 2.03. The molecule has 1 aromatic rings. The van der Waals surface area contributed by atoms with Crippen LogP contribution in [-0.4, -0.2) is 32.6 Å². The van der Waals surface area contributed by atoms with Crippen LogP contribution < -0.4 is 10.2 Å². The Morgan fingerprint density at radius 1 is 1.32 bits per heavy atom. The van der Waals surface area contributed by atoms with Crippen molar-refractivity contribution in [3.05, 3.63) is 23.8 Å². The van der Waals surface area contributed by atoms with Crippen LogP contribution in [0.25, 0.3) is 0 Å². The number of piperidine rings is 1. The van der Waals surface area contributed by atoms with Crippen LogP contribution >= 0.6 is 0 Å². The van der Waals surface area contributed by atoms with Gasteiger partial charge in [0.25, 0.3) is 0 Å². The molecule has 1 heterocycles. The predicted molar refractivity (Wildman–Crippen MR) is 73.5 cm³/mol. The first-order valence-electron chi connectivity index (χ1n) is 6.43. The summed E-state index contributed by atoms with van der Waals surface area (Å²) in [5.41, 5.74) is 2.05. The number of hydrogen-bond acceptors (Lipinski definition) is 4. The lowest BCUT2D eigenvalue weighted by Gasteiger charge is -2.30. The van der Waals surface area contributed by atoms with E-state index in [1.807, 2.05) is 6.07 Å². The number of methoxy groups -OCH3 is 1. The SMILES string of the molecule is COC(=O)c1ccc(N2CCCCC2)c(NC=O)c1. The van der Waals surface area contributed by atoms with Crippen molar-refractivity contribution in [3.63, 3.8) is 0 Å². The molecule has 0 saturated carbocycles. The van der Waals surface area contributed by atoms with Crippen molar-refractivity contribution < 1.29 is 14.3 Å². The van der Waals surface area contributed by atoms with Gasteiger partial charge in [-0.15, -0.1) is 0 Å². The normalized spacial score (nSPS) is 14.9. The fraction of sp³-hybridized carbons (Fsp3) is 0.429. The third-order valence-corrected chi connectivity index (χ3v) is 3.33. The summed E-state index contributed by atoms with van der Waals surface area (Å²) >= 11 is 0. The molecule has 102 valence electrons. The minimum Gasteiger partial charge on any atom is -0.465 e. The van der Waals surface area contributed by atoms with Gasteiger partial charge in [-0.25, -0.2) is 4.79 Å². The molecule has 0 spiro atoms. The molecule has 1 saturated heterocycles. The lowest BCUT2D eigenvalue weighted by Crippen LogP contribution is -2.30. The van der Waals surface area contributed by atoms with Gasteiger partial charge >= 0.3 is 5.97 Å². The molecule has 0 aromatic heterocycles. The summed E-state index contributed by atoms with van der Waals surface area (Å²) in [4.78, 5) is 24.5. The van der Waals surface area contributed by atoms with Gasteiger partial charge in [0, 0.05) is 13.1 Å². The fourth-order valence-corrected chi connectivity index (χ4v) is 2.37. The molecule has 1 N–H and O–H groups in total. The third kappa shape index (κ3) is 3.05. The van der Waals surface area contributed by atoms with Crippen molar-refractivity contribution >= 4 is 23.8 Å². The number of rotatable bonds is 4. The number of nitrogens with zero attached hydrogens (tertiary/aromatic N) is 1. The van der Waals surface area contributed by atoms with Crippen LogP contribution in [0.2, 0.25) is 0 Å². The molecule has 5 nitrogen and oxygen atoms in total. The fourth-order valence-electron chi connectivity index (χ4n) is 2.37. The van der Waals surface area contributed by atoms with Crippen molar-refractivity contribution in [3.8, 4) is 0 Å². The summed E-state index contributed by atoms with van der Waals surface area (Å²) in [5.74, 6) is -0.404. The van der Waals surface area contributed by atoms with Gasteiger partial charge in [0.1, 0.15) is 0 Å². The highest BCUT2D eigenvalue weighted by atomic mass is 16.5. The minimum atomic E-state index is -0.404. The first-order valence-corrected chi connectivity index (χ1v) is 6.43.